The van der Waals surface area contributed by atoms with Crippen LogP contribution < -0.4 is 0 Å². The van der Waals surface area contributed by atoms with Crippen molar-refractivity contribution in [2.45, 2.75) is 38.7 Å². The molecule has 0 fully saturated rings. The summed E-state index contributed by atoms with van der Waals surface area (Å²) in [5, 5.41) is 12.9. The van der Waals surface area contributed by atoms with Gasteiger partial charge in [0.2, 0.25) is 0 Å². The van der Waals surface area contributed by atoms with Crippen LogP contribution in [0.5, 0.6) is 0 Å². The number of aliphatic hydroxyl groups excluding tert-OH is 1. The second-order valence-electron chi connectivity index (χ2n) is 3.46. The number of halogens is 3. The highest BCUT2D eigenvalue weighted by Gasteiger charge is 2.27. The van der Waals surface area contributed by atoms with E-state index >= 15 is 0 Å². The number of alkyl halides is 3. The summed E-state index contributed by atoms with van der Waals surface area (Å²) in [5.74, 6) is -0.0168. The van der Waals surface area contributed by atoms with Crippen LogP contribution in [0, 0.1) is 0 Å². The highest BCUT2D eigenvalue weighted by molar-refractivity contribution is 4.89. The first-order valence-corrected chi connectivity index (χ1v) is 5.07. The lowest BCUT2D eigenvalue weighted by molar-refractivity contribution is -0.178. The minimum absolute atomic E-state index is 0.0671. The Bertz CT molecular complexity index is 340. The van der Waals surface area contributed by atoms with Gasteiger partial charge in [-0.2, -0.15) is 18.2 Å². The maximum Gasteiger partial charge on any atom is 0.411 e. The first kappa shape index (κ1) is 13.9. The maximum absolute atomic E-state index is 11.8. The van der Waals surface area contributed by atoms with Gasteiger partial charge in [0.05, 0.1) is 0 Å². The molecule has 1 aromatic heterocycles. The molecular formula is C9H13F3N2O3. The topological polar surface area (TPSA) is 68.4 Å². The quantitative estimate of drug-likeness (QED) is 0.840. The Morgan fingerprint density at radius 3 is 2.76 bits per heavy atom. The summed E-state index contributed by atoms with van der Waals surface area (Å²) in [7, 11) is 0. The minimum Gasteiger partial charge on any atom is -0.385 e. The van der Waals surface area contributed by atoms with Crippen molar-refractivity contribution in [2.24, 2.45) is 0 Å². The van der Waals surface area contributed by atoms with E-state index in [2.05, 4.69) is 19.4 Å². The Kier molecular flexibility index (Phi) is 4.88. The van der Waals surface area contributed by atoms with E-state index in [1.54, 1.807) is 0 Å². The molecule has 8 heteroatoms. The predicted octanol–water partition coefficient (Wildman–Crippen LogP) is 1.98. The van der Waals surface area contributed by atoms with Crippen LogP contribution in [0.4, 0.5) is 13.2 Å². The molecule has 0 aromatic carbocycles. The molecule has 0 saturated heterocycles. The van der Waals surface area contributed by atoms with Crippen molar-refractivity contribution in [1.29, 1.82) is 0 Å². The summed E-state index contributed by atoms with van der Waals surface area (Å²) < 4.78 is 44.2. The van der Waals surface area contributed by atoms with Crippen LogP contribution in [0.25, 0.3) is 0 Å². The highest BCUT2D eigenvalue weighted by Crippen LogP contribution is 2.17. The molecule has 0 saturated carbocycles. The number of aromatic nitrogens is 2. The summed E-state index contributed by atoms with van der Waals surface area (Å²) in [6, 6.07) is 0. The fraction of sp³-hybridized carbons (Fsp3) is 0.778. The number of hydrogen-bond donors (Lipinski definition) is 1. The molecule has 1 aromatic rings. The molecule has 0 aliphatic heterocycles. The van der Waals surface area contributed by atoms with Gasteiger partial charge in [-0.15, -0.1) is 0 Å². The third-order valence-corrected chi connectivity index (χ3v) is 1.84. The summed E-state index contributed by atoms with van der Waals surface area (Å²) in [6.45, 7) is 0.0736. The predicted molar refractivity (Wildman–Crippen MR) is 49.9 cm³/mol. The average molecular weight is 254 g/mol. The molecule has 98 valence electrons. The van der Waals surface area contributed by atoms with E-state index in [1.807, 2.05) is 6.92 Å². The van der Waals surface area contributed by atoms with E-state index in [9.17, 15) is 18.3 Å². The van der Waals surface area contributed by atoms with Crippen molar-refractivity contribution < 1.29 is 27.5 Å². The summed E-state index contributed by atoms with van der Waals surface area (Å²) in [6.07, 6.45) is -4.05. The largest absolute Gasteiger partial charge is 0.411 e. The van der Waals surface area contributed by atoms with Gasteiger partial charge in [-0.25, -0.2) is 0 Å². The third kappa shape index (κ3) is 5.14. The zero-order chi connectivity index (χ0) is 12.9. The smallest absolute Gasteiger partial charge is 0.385 e. The third-order valence-electron chi connectivity index (χ3n) is 1.84. The zero-order valence-electron chi connectivity index (χ0n) is 9.20. The molecule has 0 aliphatic carbocycles. The molecule has 0 radical (unpaired) electrons. The molecule has 1 unspecified atom stereocenters. The Labute approximate surface area is 95.6 Å². The molecular weight excluding hydrogens is 241 g/mol. The van der Waals surface area contributed by atoms with E-state index in [4.69, 9.17) is 0 Å². The van der Waals surface area contributed by atoms with Gasteiger partial charge in [0, 0.05) is 0 Å². The van der Waals surface area contributed by atoms with Gasteiger partial charge in [0.15, 0.2) is 5.82 Å². The number of rotatable bonds is 6. The zero-order valence-corrected chi connectivity index (χ0v) is 9.20. The summed E-state index contributed by atoms with van der Waals surface area (Å²) in [4.78, 5) is 3.73. The average Bonchev–Trinajstić information content (AvgIpc) is 2.65. The molecule has 1 rings (SSSR count). The van der Waals surface area contributed by atoms with Gasteiger partial charge in [-0.1, -0.05) is 18.5 Å². The standard InChI is InChI=1S/C9H13F3N2O3/c1-2-3-6(15)8-13-7(17-14-8)4-16-5-9(10,11)12/h6,15H,2-5H2,1H3. The van der Waals surface area contributed by atoms with Gasteiger partial charge in [-0.3, -0.25) is 0 Å². The molecule has 1 heterocycles. The van der Waals surface area contributed by atoms with Crippen LogP contribution in [0.2, 0.25) is 0 Å². The second kappa shape index (κ2) is 5.97. The summed E-state index contributed by atoms with van der Waals surface area (Å²) in [5.41, 5.74) is 0. The lowest BCUT2D eigenvalue weighted by atomic mass is 10.2. The van der Waals surface area contributed by atoms with E-state index in [0.717, 1.165) is 6.42 Å². The van der Waals surface area contributed by atoms with Crippen LogP contribution in [0.3, 0.4) is 0 Å². The van der Waals surface area contributed by atoms with Crippen LogP contribution in [0.15, 0.2) is 4.52 Å². The Morgan fingerprint density at radius 2 is 2.18 bits per heavy atom. The highest BCUT2D eigenvalue weighted by atomic mass is 19.4. The number of nitrogens with zero attached hydrogens (tertiary/aromatic N) is 2. The fourth-order valence-electron chi connectivity index (χ4n) is 1.12. The number of hydrogen-bond acceptors (Lipinski definition) is 5. The van der Waals surface area contributed by atoms with Crippen molar-refractivity contribution in [2.75, 3.05) is 6.61 Å². The van der Waals surface area contributed by atoms with Gasteiger partial charge in [0.1, 0.15) is 19.3 Å². The van der Waals surface area contributed by atoms with Crippen molar-refractivity contribution in [1.82, 2.24) is 10.1 Å². The molecule has 0 amide bonds. The van der Waals surface area contributed by atoms with Crippen molar-refractivity contribution >= 4 is 0 Å². The van der Waals surface area contributed by atoms with E-state index in [-0.39, 0.29) is 11.7 Å². The van der Waals surface area contributed by atoms with Gasteiger partial charge in [-0.05, 0) is 6.42 Å². The lowest BCUT2D eigenvalue weighted by Gasteiger charge is -2.04. The first-order chi connectivity index (χ1) is 7.92. The van der Waals surface area contributed by atoms with Gasteiger partial charge in [0.25, 0.3) is 5.89 Å². The molecule has 1 N–H and O–H groups in total. The molecule has 5 nitrogen and oxygen atoms in total. The van der Waals surface area contributed by atoms with E-state index < -0.39 is 25.5 Å². The minimum atomic E-state index is -4.38. The Balaban J connectivity index is 2.40. The number of ether oxygens (including phenoxy) is 1. The van der Waals surface area contributed by atoms with E-state index in [0.29, 0.717) is 6.42 Å². The SMILES string of the molecule is CCCC(O)c1noc(COCC(F)(F)F)n1. The molecule has 0 bridgehead atoms. The van der Waals surface area contributed by atoms with Crippen molar-refractivity contribution in [3.05, 3.63) is 11.7 Å². The Hall–Kier alpha value is -1.15. The molecule has 0 spiro atoms. The first-order valence-electron chi connectivity index (χ1n) is 5.07. The van der Waals surface area contributed by atoms with Crippen molar-refractivity contribution in [3.63, 3.8) is 0 Å². The van der Waals surface area contributed by atoms with Crippen molar-refractivity contribution in [3.8, 4) is 0 Å². The molecule has 17 heavy (non-hydrogen) atoms. The maximum atomic E-state index is 11.8. The normalized spacial score (nSPS) is 13.9. The van der Waals surface area contributed by atoms with Gasteiger partial charge < -0.3 is 14.4 Å². The second-order valence-corrected chi connectivity index (χ2v) is 3.46. The van der Waals surface area contributed by atoms with Crippen LogP contribution in [0.1, 0.15) is 37.6 Å². The monoisotopic (exact) mass is 254 g/mol. The number of aliphatic hydroxyl groups is 1. The van der Waals surface area contributed by atoms with E-state index in [1.165, 1.54) is 0 Å². The van der Waals surface area contributed by atoms with Gasteiger partial charge >= 0.3 is 6.18 Å². The summed E-state index contributed by atoms with van der Waals surface area (Å²) >= 11 is 0. The molecule has 0 aliphatic rings. The van der Waals surface area contributed by atoms with Crippen LogP contribution in [-0.2, 0) is 11.3 Å². The van der Waals surface area contributed by atoms with Crippen LogP contribution in [-0.4, -0.2) is 28.0 Å². The lowest BCUT2D eigenvalue weighted by Crippen LogP contribution is -2.16. The molecule has 1 atom stereocenters. The Morgan fingerprint density at radius 1 is 1.47 bits per heavy atom. The van der Waals surface area contributed by atoms with Crippen LogP contribution >= 0.6 is 0 Å². The fourth-order valence-corrected chi connectivity index (χ4v) is 1.12.